The smallest absolute Gasteiger partial charge is 0.338 e. The average molecular weight is 552 g/mol. The van der Waals surface area contributed by atoms with Crippen molar-refractivity contribution < 1.29 is 28.7 Å². The van der Waals surface area contributed by atoms with Gasteiger partial charge >= 0.3 is 11.9 Å². The van der Waals surface area contributed by atoms with Crippen LogP contribution in [0.4, 0.5) is 11.4 Å². The van der Waals surface area contributed by atoms with Gasteiger partial charge in [0, 0.05) is 28.8 Å². The van der Waals surface area contributed by atoms with Crippen molar-refractivity contribution in [3.8, 4) is 0 Å². The maximum Gasteiger partial charge on any atom is 0.338 e. The predicted octanol–water partition coefficient (Wildman–Crippen LogP) is 4.51. The summed E-state index contributed by atoms with van der Waals surface area (Å²) in [6.07, 6.45) is -0.267. The van der Waals surface area contributed by atoms with Gasteiger partial charge in [0.05, 0.1) is 22.6 Å². The Balaban J connectivity index is 1.54. The van der Waals surface area contributed by atoms with Crippen LogP contribution in [0.15, 0.2) is 40.9 Å². The second-order valence-electron chi connectivity index (χ2n) is 8.14. The van der Waals surface area contributed by atoms with Crippen LogP contribution in [0.5, 0.6) is 0 Å². The van der Waals surface area contributed by atoms with Gasteiger partial charge in [-0.2, -0.15) is 0 Å². The van der Waals surface area contributed by atoms with Crippen molar-refractivity contribution in [3.05, 3.63) is 57.0 Å². The van der Waals surface area contributed by atoms with Gasteiger partial charge in [0.25, 0.3) is 5.91 Å². The monoisotopic (exact) mass is 550 g/mol. The molecule has 0 unspecified atom stereocenters. The summed E-state index contributed by atoms with van der Waals surface area (Å²) in [7, 11) is 0. The van der Waals surface area contributed by atoms with Gasteiger partial charge in [-0.15, -0.1) is 0 Å². The zero-order valence-electron chi connectivity index (χ0n) is 18.9. The molecule has 8 nitrogen and oxygen atoms in total. The number of esters is 2. The first-order valence-corrected chi connectivity index (χ1v) is 11.8. The summed E-state index contributed by atoms with van der Waals surface area (Å²) in [6.45, 7) is 4.96. The number of carbonyl (C=O) groups excluding carboxylic acids is 4. The van der Waals surface area contributed by atoms with Crippen LogP contribution in [0.25, 0.3) is 0 Å². The highest BCUT2D eigenvalue weighted by Gasteiger charge is 2.36. The molecule has 2 aromatic rings. The highest BCUT2D eigenvalue weighted by atomic mass is 79.9. The molecule has 34 heavy (non-hydrogen) atoms. The van der Waals surface area contributed by atoms with E-state index in [1.54, 1.807) is 57.2 Å². The first kappa shape index (κ1) is 25.7. The summed E-state index contributed by atoms with van der Waals surface area (Å²) >= 11 is 9.37. The number of nitrogens with one attached hydrogen (secondary N) is 1. The Labute approximate surface area is 210 Å². The van der Waals surface area contributed by atoms with Gasteiger partial charge in [0.15, 0.2) is 6.61 Å². The summed E-state index contributed by atoms with van der Waals surface area (Å²) in [5, 5.41) is 3.09. The molecule has 0 bridgehead atoms. The lowest BCUT2D eigenvalue weighted by Gasteiger charge is -2.17. The molecular formula is C24H24BrClN2O6. The zero-order valence-corrected chi connectivity index (χ0v) is 21.2. The number of rotatable bonds is 7. The third-order valence-corrected chi connectivity index (χ3v) is 6.30. The second kappa shape index (κ2) is 11.0. The van der Waals surface area contributed by atoms with Gasteiger partial charge in [-0.05, 0) is 78.7 Å². The fourth-order valence-electron chi connectivity index (χ4n) is 3.40. The summed E-state index contributed by atoms with van der Waals surface area (Å²) in [5.41, 5.74) is 2.23. The van der Waals surface area contributed by atoms with E-state index in [0.717, 1.165) is 5.56 Å². The van der Waals surface area contributed by atoms with E-state index in [1.807, 2.05) is 0 Å². The van der Waals surface area contributed by atoms with E-state index in [4.69, 9.17) is 21.1 Å². The molecule has 0 saturated carbocycles. The standard InChI is InChI=1S/C24H24BrClN2O6/c1-13(2)34-24(32)15-4-6-17(7-5-15)28-11-16(9-22(28)30)23(31)33-12-21(29)27-20-10-19(26)18(25)8-14(20)3/h4-8,10,13,16H,9,11-12H2,1-3H3,(H,27,29)/t16-/m0/s1. The van der Waals surface area contributed by atoms with Crippen LogP contribution in [0.2, 0.25) is 5.02 Å². The van der Waals surface area contributed by atoms with Gasteiger partial charge in [0.2, 0.25) is 5.91 Å². The molecule has 10 heteroatoms. The van der Waals surface area contributed by atoms with Crippen molar-refractivity contribution >= 4 is 62.7 Å². The molecule has 1 saturated heterocycles. The number of amides is 2. The molecule has 0 radical (unpaired) electrons. The van der Waals surface area contributed by atoms with E-state index in [-0.39, 0.29) is 25.0 Å². The molecule has 0 aromatic heterocycles. The molecule has 0 spiro atoms. The maximum atomic E-state index is 12.5. The predicted molar refractivity (Wildman–Crippen MR) is 131 cm³/mol. The Morgan fingerprint density at radius 3 is 2.53 bits per heavy atom. The highest BCUT2D eigenvalue weighted by Crippen LogP contribution is 2.29. The van der Waals surface area contributed by atoms with Crippen molar-refractivity contribution in [1.29, 1.82) is 0 Å². The molecule has 1 atom stereocenters. The van der Waals surface area contributed by atoms with Gasteiger partial charge in [-0.1, -0.05) is 11.6 Å². The third kappa shape index (κ3) is 6.36. The van der Waals surface area contributed by atoms with E-state index in [2.05, 4.69) is 21.2 Å². The number of carbonyl (C=O) groups is 4. The molecule has 1 aliphatic rings. The Morgan fingerprint density at radius 2 is 1.88 bits per heavy atom. The number of aryl methyl sites for hydroxylation is 1. The van der Waals surface area contributed by atoms with Gasteiger partial charge < -0.3 is 19.7 Å². The van der Waals surface area contributed by atoms with Crippen molar-refractivity contribution in [1.82, 2.24) is 0 Å². The number of hydrogen-bond donors (Lipinski definition) is 1. The molecule has 2 aromatic carbocycles. The van der Waals surface area contributed by atoms with E-state index in [9.17, 15) is 19.2 Å². The maximum absolute atomic E-state index is 12.5. The van der Waals surface area contributed by atoms with Crippen molar-refractivity contribution in [3.63, 3.8) is 0 Å². The first-order chi connectivity index (χ1) is 16.0. The number of anilines is 2. The van der Waals surface area contributed by atoms with Gasteiger partial charge in [0.1, 0.15) is 0 Å². The summed E-state index contributed by atoms with van der Waals surface area (Å²) < 4.78 is 11.0. The fraction of sp³-hybridized carbons (Fsp3) is 0.333. The van der Waals surface area contributed by atoms with Crippen LogP contribution in [0.3, 0.4) is 0 Å². The summed E-state index contributed by atoms with van der Waals surface area (Å²) in [6, 6.07) is 9.76. The summed E-state index contributed by atoms with van der Waals surface area (Å²) in [5.74, 6) is -2.54. The number of halogens is 2. The lowest BCUT2D eigenvalue weighted by atomic mass is 10.1. The SMILES string of the molecule is Cc1cc(Br)c(Cl)cc1NC(=O)COC(=O)[C@H]1CC(=O)N(c2ccc(C(=O)OC(C)C)cc2)C1. The Kier molecular flexibility index (Phi) is 8.33. The van der Waals surface area contributed by atoms with Crippen LogP contribution >= 0.6 is 27.5 Å². The topological polar surface area (TPSA) is 102 Å². The molecule has 180 valence electrons. The minimum Gasteiger partial charge on any atom is -0.459 e. The van der Waals surface area contributed by atoms with Crippen LogP contribution in [0.1, 0.15) is 36.2 Å². The average Bonchev–Trinajstić information content (AvgIpc) is 3.17. The number of ether oxygens (including phenoxy) is 2. The third-order valence-electron chi connectivity index (χ3n) is 5.10. The Hall–Kier alpha value is -2.91. The fourth-order valence-corrected chi connectivity index (χ4v) is 4.02. The van der Waals surface area contributed by atoms with Gasteiger partial charge in [-0.3, -0.25) is 14.4 Å². The van der Waals surface area contributed by atoms with Gasteiger partial charge in [-0.25, -0.2) is 4.79 Å². The Bertz CT molecular complexity index is 1120. The molecule has 0 aliphatic carbocycles. The van der Waals surface area contributed by atoms with Crippen molar-refractivity contribution in [2.75, 3.05) is 23.4 Å². The van der Waals surface area contributed by atoms with E-state index < -0.39 is 30.4 Å². The van der Waals surface area contributed by atoms with E-state index in [0.29, 0.717) is 26.4 Å². The van der Waals surface area contributed by atoms with Crippen LogP contribution in [-0.4, -0.2) is 43.0 Å². The molecule has 1 heterocycles. The number of nitrogens with zero attached hydrogens (tertiary/aromatic N) is 1. The second-order valence-corrected chi connectivity index (χ2v) is 9.40. The minimum atomic E-state index is -0.699. The molecule has 1 fully saturated rings. The molecular weight excluding hydrogens is 528 g/mol. The van der Waals surface area contributed by atoms with Crippen LogP contribution < -0.4 is 10.2 Å². The number of benzene rings is 2. The van der Waals surface area contributed by atoms with Crippen molar-refractivity contribution in [2.24, 2.45) is 5.92 Å². The first-order valence-electron chi connectivity index (χ1n) is 10.6. The van der Waals surface area contributed by atoms with E-state index in [1.165, 1.54) is 4.90 Å². The summed E-state index contributed by atoms with van der Waals surface area (Å²) in [4.78, 5) is 50.6. The quantitative estimate of drug-likeness (QED) is 0.508. The minimum absolute atomic E-state index is 0.0287. The molecule has 2 amide bonds. The van der Waals surface area contributed by atoms with Crippen LogP contribution in [-0.2, 0) is 23.9 Å². The Morgan fingerprint density at radius 1 is 1.21 bits per heavy atom. The zero-order chi connectivity index (χ0) is 25.0. The highest BCUT2D eigenvalue weighted by molar-refractivity contribution is 9.10. The number of hydrogen-bond acceptors (Lipinski definition) is 6. The normalized spacial score (nSPS) is 15.4. The van der Waals surface area contributed by atoms with Crippen LogP contribution in [0, 0.1) is 12.8 Å². The molecule has 3 rings (SSSR count). The molecule has 1 N–H and O–H groups in total. The van der Waals surface area contributed by atoms with E-state index >= 15 is 0 Å². The largest absolute Gasteiger partial charge is 0.459 e. The molecule has 1 aliphatic heterocycles. The lowest BCUT2D eigenvalue weighted by Crippen LogP contribution is -2.28. The van der Waals surface area contributed by atoms with Crippen molar-refractivity contribution in [2.45, 2.75) is 33.3 Å². The lowest BCUT2D eigenvalue weighted by molar-refractivity contribution is -0.151.